The highest BCUT2D eigenvalue weighted by molar-refractivity contribution is 7.10. The second-order valence-electron chi connectivity index (χ2n) is 7.60. The molecule has 3 heterocycles. The van der Waals surface area contributed by atoms with Crippen molar-refractivity contribution in [2.24, 2.45) is 0 Å². The van der Waals surface area contributed by atoms with Crippen molar-refractivity contribution in [2.75, 3.05) is 13.1 Å². The Labute approximate surface area is 184 Å². The molecule has 6 nitrogen and oxygen atoms in total. The van der Waals surface area contributed by atoms with Crippen LogP contribution in [0.4, 0.5) is 4.39 Å². The van der Waals surface area contributed by atoms with Crippen molar-refractivity contribution in [1.29, 1.82) is 0 Å². The summed E-state index contributed by atoms with van der Waals surface area (Å²) in [5.41, 5.74) is 1.82. The van der Waals surface area contributed by atoms with Crippen LogP contribution in [0.1, 0.15) is 41.3 Å². The lowest BCUT2D eigenvalue weighted by Crippen LogP contribution is -2.40. The van der Waals surface area contributed by atoms with Crippen LogP contribution in [-0.4, -0.2) is 39.4 Å². The molecule has 1 aromatic carbocycles. The van der Waals surface area contributed by atoms with Crippen LogP contribution in [-0.2, 0) is 22.6 Å². The molecule has 162 valence electrons. The number of carbonyl (C=O) groups excluding carboxylic acids is 2. The summed E-state index contributed by atoms with van der Waals surface area (Å²) in [6.07, 6.45) is 7.21. The van der Waals surface area contributed by atoms with Crippen molar-refractivity contribution < 1.29 is 14.0 Å². The van der Waals surface area contributed by atoms with E-state index in [-0.39, 0.29) is 36.5 Å². The van der Waals surface area contributed by atoms with E-state index < -0.39 is 0 Å². The number of nitrogens with one attached hydrogen (secondary N) is 1. The average molecular weight is 441 g/mol. The highest BCUT2D eigenvalue weighted by Crippen LogP contribution is 2.38. The monoisotopic (exact) mass is 440 g/mol. The van der Waals surface area contributed by atoms with Gasteiger partial charge in [-0.2, -0.15) is 0 Å². The fraction of sp³-hybridized carbons (Fsp3) is 0.348. The van der Waals surface area contributed by atoms with Gasteiger partial charge in [0.15, 0.2) is 0 Å². The zero-order valence-corrected chi connectivity index (χ0v) is 18.0. The van der Waals surface area contributed by atoms with Gasteiger partial charge in [0.05, 0.1) is 12.4 Å². The Morgan fingerprint density at radius 1 is 1.26 bits per heavy atom. The summed E-state index contributed by atoms with van der Waals surface area (Å²) in [4.78, 5) is 32.2. The van der Waals surface area contributed by atoms with Gasteiger partial charge in [0.1, 0.15) is 5.82 Å². The molecule has 1 N–H and O–H groups in total. The van der Waals surface area contributed by atoms with Gasteiger partial charge in [-0.3, -0.25) is 9.59 Å². The Balaban J connectivity index is 1.34. The van der Waals surface area contributed by atoms with E-state index in [4.69, 9.17) is 0 Å². The summed E-state index contributed by atoms with van der Waals surface area (Å²) >= 11 is 1.67. The Bertz CT molecular complexity index is 1030. The minimum Gasteiger partial charge on any atom is -0.356 e. The van der Waals surface area contributed by atoms with Gasteiger partial charge >= 0.3 is 0 Å². The third-order valence-corrected chi connectivity index (χ3v) is 6.49. The van der Waals surface area contributed by atoms with Crippen LogP contribution in [0.2, 0.25) is 0 Å². The third-order valence-electron chi connectivity index (χ3n) is 5.49. The maximum atomic E-state index is 13.9. The molecule has 2 amide bonds. The summed E-state index contributed by atoms with van der Waals surface area (Å²) in [7, 11) is 0. The smallest absolute Gasteiger partial charge is 0.223 e. The number of thiophene rings is 1. The molecular weight excluding hydrogens is 415 g/mol. The predicted molar refractivity (Wildman–Crippen MR) is 117 cm³/mol. The number of aromatic nitrogens is 2. The van der Waals surface area contributed by atoms with Gasteiger partial charge in [-0.05, 0) is 47.5 Å². The molecule has 0 bridgehead atoms. The van der Waals surface area contributed by atoms with E-state index in [9.17, 15) is 14.0 Å². The lowest BCUT2D eigenvalue weighted by molar-refractivity contribution is -0.135. The molecule has 1 atom stereocenters. The van der Waals surface area contributed by atoms with Crippen molar-refractivity contribution >= 4 is 23.2 Å². The molecule has 1 aliphatic heterocycles. The first-order chi connectivity index (χ1) is 15.1. The normalized spacial score (nSPS) is 15.5. The quantitative estimate of drug-likeness (QED) is 0.545. The van der Waals surface area contributed by atoms with Gasteiger partial charge in [0.25, 0.3) is 0 Å². The number of halogens is 1. The molecule has 1 unspecified atom stereocenters. The van der Waals surface area contributed by atoms with Crippen LogP contribution >= 0.6 is 11.3 Å². The van der Waals surface area contributed by atoms with Crippen LogP contribution in [0.5, 0.6) is 0 Å². The minimum atomic E-state index is -0.317. The molecule has 0 saturated heterocycles. The molecule has 3 aromatic rings. The van der Waals surface area contributed by atoms with Gasteiger partial charge in [-0.25, -0.2) is 9.37 Å². The maximum absolute atomic E-state index is 13.9. The summed E-state index contributed by atoms with van der Waals surface area (Å²) in [5, 5.41) is 4.89. The Morgan fingerprint density at radius 2 is 2.16 bits per heavy atom. The number of benzene rings is 1. The van der Waals surface area contributed by atoms with E-state index in [0.29, 0.717) is 13.1 Å². The number of amides is 2. The summed E-state index contributed by atoms with van der Waals surface area (Å²) in [6, 6.07) is 8.13. The van der Waals surface area contributed by atoms with Gasteiger partial charge in [-0.1, -0.05) is 12.1 Å². The molecule has 0 spiro atoms. The zero-order chi connectivity index (χ0) is 21.6. The molecule has 2 aromatic heterocycles. The molecule has 0 radical (unpaired) electrons. The number of carbonyl (C=O) groups is 2. The van der Waals surface area contributed by atoms with Crippen LogP contribution in [0.3, 0.4) is 0 Å². The van der Waals surface area contributed by atoms with Gasteiger partial charge < -0.3 is 14.8 Å². The first kappa shape index (κ1) is 21.2. The van der Waals surface area contributed by atoms with Crippen molar-refractivity contribution in [3.8, 4) is 0 Å². The highest BCUT2D eigenvalue weighted by atomic mass is 32.1. The number of hydrogen-bond donors (Lipinski definition) is 1. The Hall–Kier alpha value is -3.00. The number of hydrogen-bond acceptors (Lipinski definition) is 4. The van der Waals surface area contributed by atoms with E-state index in [1.54, 1.807) is 34.8 Å². The number of imidazole rings is 1. The van der Waals surface area contributed by atoms with Gasteiger partial charge in [0, 0.05) is 49.7 Å². The Kier molecular flexibility index (Phi) is 6.76. The van der Waals surface area contributed by atoms with Crippen LogP contribution in [0, 0.1) is 5.82 Å². The lowest BCUT2D eigenvalue weighted by atomic mass is 9.92. The predicted octanol–water partition coefficient (Wildman–Crippen LogP) is 3.54. The summed E-state index contributed by atoms with van der Waals surface area (Å²) in [6.45, 7) is 1.91. The molecule has 8 heteroatoms. The molecule has 0 fully saturated rings. The summed E-state index contributed by atoms with van der Waals surface area (Å²) < 4.78 is 15.8. The third kappa shape index (κ3) is 5.19. The first-order valence-corrected chi connectivity index (χ1v) is 11.3. The van der Waals surface area contributed by atoms with E-state index in [0.717, 1.165) is 30.5 Å². The van der Waals surface area contributed by atoms with Crippen LogP contribution in [0.25, 0.3) is 0 Å². The largest absolute Gasteiger partial charge is 0.356 e. The fourth-order valence-electron chi connectivity index (χ4n) is 3.98. The molecule has 0 aliphatic carbocycles. The van der Waals surface area contributed by atoms with Gasteiger partial charge in [0.2, 0.25) is 11.8 Å². The summed E-state index contributed by atoms with van der Waals surface area (Å²) in [5.74, 6) is -0.531. The van der Waals surface area contributed by atoms with E-state index in [1.165, 1.54) is 17.0 Å². The number of aryl methyl sites for hydroxylation is 1. The zero-order valence-electron chi connectivity index (χ0n) is 17.2. The van der Waals surface area contributed by atoms with Crippen molar-refractivity contribution in [2.45, 2.75) is 38.3 Å². The van der Waals surface area contributed by atoms with Crippen LogP contribution < -0.4 is 5.32 Å². The SMILES string of the molecule is O=C(CCC(=O)N1CCc2sccc2C1c1cccc(F)c1)NCCCn1ccnc1. The second-order valence-corrected chi connectivity index (χ2v) is 8.60. The van der Waals surface area contributed by atoms with Crippen molar-refractivity contribution in [3.05, 3.63) is 76.3 Å². The average Bonchev–Trinajstić information content (AvgIpc) is 3.46. The van der Waals surface area contributed by atoms with E-state index >= 15 is 0 Å². The van der Waals surface area contributed by atoms with Gasteiger partial charge in [-0.15, -0.1) is 11.3 Å². The highest BCUT2D eigenvalue weighted by Gasteiger charge is 2.32. The number of nitrogens with zero attached hydrogens (tertiary/aromatic N) is 3. The molecular formula is C23H25FN4O2S. The fourth-order valence-corrected chi connectivity index (χ4v) is 4.89. The number of rotatable bonds is 8. The lowest BCUT2D eigenvalue weighted by Gasteiger charge is -2.36. The van der Waals surface area contributed by atoms with E-state index in [1.807, 2.05) is 28.3 Å². The second kappa shape index (κ2) is 9.87. The van der Waals surface area contributed by atoms with E-state index in [2.05, 4.69) is 10.3 Å². The molecule has 31 heavy (non-hydrogen) atoms. The number of fused-ring (bicyclic) bond motifs is 1. The standard InChI is InChI=1S/C23H25FN4O2S/c24-18-4-1-3-17(15-18)23-19-8-14-31-20(19)7-12-28(23)22(30)6-5-21(29)26-9-2-11-27-13-10-25-16-27/h1,3-4,8,10,13-16,23H,2,5-7,9,11-12H2,(H,26,29). The molecule has 0 saturated carbocycles. The molecule has 4 rings (SSSR count). The van der Waals surface area contributed by atoms with Crippen molar-refractivity contribution in [1.82, 2.24) is 19.8 Å². The van der Waals surface area contributed by atoms with Crippen LogP contribution in [0.15, 0.2) is 54.4 Å². The minimum absolute atomic E-state index is 0.0836. The maximum Gasteiger partial charge on any atom is 0.223 e. The van der Waals surface area contributed by atoms with Crippen molar-refractivity contribution in [3.63, 3.8) is 0 Å². The Morgan fingerprint density at radius 3 is 2.97 bits per heavy atom. The first-order valence-electron chi connectivity index (χ1n) is 10.5. The topological polar surface area (TPSA) is 67.2 Å². The molecule has 1 aliphatic rings.